The van der Waals surface area contributed by atoms with Gasteiger partial charge in [0.05, 0.1) is 12.2 Å². The van der Waals surface area contributed by atoms with Gasteiger partial charge >= 0.3 is 5.97 Å². The number of likely N-dealkylation sites (N-methyl/N-ethyl adjacent to an activating group) is 1. The van der Waals surface area contributed by atoms with Crippen LogP contribution in [0.25, 0.3) is 0 Å². The van der Waals surface area contributed by atoms with Gasteiger partial charge in [-0.25, -0.2) is 4.79 Å². The number of ether oxygens (including phenoxy) is 5. The Morgan fingerprint density at radius 2 is 1.74 bits per heavy atom. The first-order valence-electron chi connectivity index (χ1n) is 8.64. The van der Waals surface area contributed by atoms with Crippen LogP contribution in [0.4, 0.5) is 0 Å². The topological polar surface area (TPSA) is 83.5 Å². The predicted molar refractivity (Wildman–Crippen MR) is 96.2 cm³/mol. The molecule has 0 bridgehead atoms. The number of esters is 1. The largest absolute Gasteiger partial charge is 0.453 e. The highest BCUT2D eigenvalue weighted by Crippen LogP contribution is 2.30. The molecule has 1 fully saturated rings. The second-order valence-electron chi connectivity index (χ2n) is 6.29. The zero-order valence-electron chi connectivity index (χ0n) is 16.3. The van der Waals surface area contributed by atoms with E-state index >= 15 is 0 Å². The Morgan fingerprint density at radius 3 is 2.26 bits per heavy atom. The van der Waals surface area contributed by atoms with Crippen molar-refractivity contribution in [2.24, 2.45) is 0 Å². The van der Waals surface area contributed by atoms with Gasteiger partial charge in [-0.3, -0.25) is 4.79 Å². The maximum atomic E-state index is 12.6. The smallest absolute Gasteiger partial charge is 0.338 e. The molecule has 0 spiro atoms. The molecule has 0 unspecified atom stereocenters. The lowest BCUT2D eigenvalue weighted by atomic mass is 9.95. The molecule has 1 saturated heterocycles. The quantitative estimate of drug-likeness (QED) is 0.654. The van der Waals surface area contributed by atoms with E-state index in [-0.39, 0.29) is 12.5 Å². The van der Waals surface area contributed by atoms with Gasteiger partial charge in [0.15, 0.2) is 12.4 Å². The molecular formula is C19H27NO7. The summed E-state index contributed by atoms with van der Waals surface area (Å²) < 4.78 is 28.0. The van der Waals surface area contributed by atoms with Gasteiger partial charge in [0.1, 0.15) is 18.2 Å². The molecule has 1 aliphatic rings. The third-order valence-corrected chi connectivity index (χ3v) is 4.65. The van der Waals surface area contributed by atoms with E-state index < -0.39 is 36.6 Å². The number of rotatable bonds is 7. The van der Waals surface area contributed by atoms with Crippen molar-refractivity contribution >= 4 is 11.9 Å². The van der Waals surface area contributed by atoms with Crippen LogP contribution in [0.5, 0.6) is 0 Å². The van der Waals surface area contributed by atoms with Crippen molar-refractivity contribution < 1.29 is 33.3 Å². The number of carbonyl (C=O) groups excluding carboxylic acids is 2. The molecule has 150 valence electrons. The van der Waals surface area contributed by atoms with Crippen molar-refractivity contribution in [1.82, 2.24) is 4.90 Å². The molecule has 1 heterocycles. The van der Waals surface area contributed by atoms with E-state index in [1.807, 2.05) is 6.07 Å². The normalized spacial score (nSPS) is 27.8. The predicted octanol–water partition coefficient (Wildman–Crippen LogP) is 1.09. The Balaban J connectivity index is 2.33. The summed E-state index contributed by atoms with van der Waals surface area (Å²) in [7, 11) is 6.13. The van der Waals surface area contributed by atoms with Gasteiger partial charge in [0.25, 0.3) is 0 Å². The number of carbonyl (C=O) groups is 2. The van der Waals surface area contributed by atoms with Crippen LogP contribution < -0.4 is 0 Å². The number of hydrogen-bond acceptors (Lipinski definition) is 7. The van der Waals surface area contributed by atoms with Crippen molar-refractivity contribution in [3.05, 3.63) is 35.9 Å². The number of methoxy groups -OCH3 is 3. The first-order chi connectivity index (χ1) is 12.9. The number of hydrogen-bond donors (Lipinski definition) is 0. The Morgan fingerprint density at radius 1 is 1.07 bits per heavy atom. The first-order valence-corrected chi connectivity index (χ1v) is 8.64. The van der Waals surface area contributed by atoms with Crippen LogP contribution in [0.1, 0.15) is 17.3 Å². The van der Waals surface area contributed by atoms with Crippen LogP contribution in [0.2, 0.25) is 0 Å². The number of benzene rings is 1. The Bertz CT molecular complexity index is 624. The molecule has 27 heavy (non-hydrogen) atoms. The Hall–Kier alpha value is -2.00. The van der Waals surface area contributed by atoms with Crippen LogP contribution in [-0.2, 0) is 28.5 Å². The molecule has 5 atom stereocenters. The molecule has 0 radical (unpaired) electrons. The standard InChI is InChI=1S/C19H27NO7/c1-12(21)20(2)15-17(24-4)16(14(11-23-3)26-19(15)25-5)27-18(22)13-9-7-6-8-10-13/h6-10,14-17,19H,11H2,1-5H3/t14-,15-,16-,17-,19-/m1/s1. The van der Waals surface area contributed by atoms with Crippen LogP contribution in [0.3, 0.4) is 0 Å². The molecule has 0 aliphatic carbocycles. The maximum Gasteiger partial charge on any atom is 0.338 e. The molecule has 1 aromatic rings. The van der Waals surface area contributed by atoms with Crippen LogP contribution >= 0.6 is 0 Å². The van der Waals surface area contributed by atoms with Crippen LogP contribution in [0, 0.1) is 0 Å². The number of nitrogens with zero attached hydrogens (tertiary/aromatic N) is 1. The summed E-state index contributed by atoms with van der Waals surface area (Å²) in [6.07, 6.45) is -2.82. The van der Waals surface area contributed by atoms with Crippen molar-refractivity contribution in [1.29, 1.82) is 0 Å². The average molecular weight is 381 g/mol. The first kappa shape index (κ1) is 21.3. The van der Waals surface area contributed by atoms with E-state index in [4.69, 9.17) is 23.7 Å². The lowest BCUT2D eigenvalue weighted by molar-refractivity contribution is -0.281. The minimum Gasteiger partial charge on any atom is -0.453 e. The molecule has 1 aromatic carbocycles. The zero-order chi connectivity index (χ0) is 20.0. The minimum atomic E-state index is -0.791. The van der Waals surface area contributed by atoms with Gasteiger partial charge in [0, 0.05) is 35.3 Å². The summed E-state index contributed by atoms with van der Waals surface area (Å²) >= 11 is 0. The van der Waals surface area contributed by atoms with Crippen molar-refractivity contribution in [2.75, 3.05) is 35.0 Å². The summed E-state index contributed by atoms with van der Waals surface area (Å²) in [4.78, 5) is 26.0. The molecule has 2 rings (SSSR count). The van der Waals surface area contributed by atoms with Crippen molar-refractivity contribution in [2.45, 2.75) is 37.6 Å². The van der Waals surface area contributed by atoms with E-state index in [1.54, 1.807) is 31.3 Å². The molecule has 8 heteroatoms. The van der Waals surface area contributed by atoms with E-state index in [1.165, 1.54) is 33.2 Å². The fourth-order valence-corrected chi connectivity index (χ4v) is 3.18. The van der Waals surface area contributed by atoms with Gasteiger partial charge in [-0.1, -0.05) is 18.2 Å². The highest BCUT2D eigenvalue weighted by molar-refractivity contribution is 5.89. The summed E-state index contributed by atoms with van der Waals surface area (Å²) in [6.45, 7) is 1.61. The van der Waals surface area contributed by atoms with Gasteiger partial charge < -0.3 is 28.6 Å². The molecular weight excluding hydrogens is 354 g/mol. The summed E-state index contributed by atoms with van der Waals surface area (Å²) in [5, 5.41) is 0. The maximum absolute atomic E-state index is 12.6. The van der Waals surface area contributed by atoms with E-state index in [0.29, 0.717) is 5.56 Å². The summed E-state index contributed by atoms with van der Waals surface area (Å²) in [5.74, 6) is -0.696. The monoisotopic (exact) mass is 381 g/mol. The van der Waals surface area contributed by atoms with Crippen molar-refractivity contribution in [3.63, 3.8) is 0 Å². The SMILES string of the molecule is COC[C@H]1O[C@@H](OC)[C@H](N(C)C(C)=O)[C@@H](OC)[C@@H]1OC(=O)c1ccccc1. The minimum absolute atomic E-state index is 0.170. The second kappa shape index (κ2) is 9.80. The third-order valence-electron chi connectivity index (χ3n) is 4.65. The van der Waals surface area contributed by atoms with E-state index in [2.05, 4.69) is 0 Å². The Labute approximate surface area is 159 Å². The fraction of sp³-hybridized carbons (Fsp3) is 0.579. The van der Waals surface area contributed by atoms with Gasteiger partial charge in [0.2, 0.25) is 5.91 Å². The van der Waals surface area contributed by atoms with Crippen LogP contribution in [0.15, 0.2) is 30.3 Å². The second-order valence-corrected chi connectivity index (χ2v) is 6.29. The highest BCUT2D eigenvalue weighted by atomic mass is 16.7. The molecule has 0 saturated carbocycles. The zero-order valence-corrected chi connectivity index (χ0v) is 16.3. The molecule has 1 amide bonds. The highest BCUT2D eigenvalue weighted by Gasteiger charge is 2.51. The van der Waals surface area contributed by atoms with Gasteiger partial charge in [-0.15, -0.1) is 0 Å². The van der Waals surface area contributed by atoms with Gasteiger partial charge in [-0.05, 0) is 12.1 Å². The molecule has 0 aromatic heterocycles. The summed E-state index contributed by atoms with van der Waals surface area (Å²) in [6, 6.07) is 8.04. The molecule has 1 aliphatic heterocycles. The molecule has 0 N–H and O–H groups in total. The Kier molecular flexibility index (Phi) is 7.73. The van der Waals surface area contributed by atoms with Crippen molar-refractivity contribution in [3.8, 4) is 0 Å². The summed E-state index contributed by atoms with van der Waals surface area (Å²) in [5.41, 5.74) is 0.411. The third kappa shape index (κ3) is 4.84. The van der Waals surface area contributed by atoms with Crippen LogP contribution in [-0.4, -0.2) is 82.4 Å². The molecule has 8 nitrogen and oxygen atoms in total. The average Bonchev–Trinajstić information content (AvgIpc) is 2.68. The number of amides is 1. The van der Waals surface area contributed by atoms with E-state index in [9.17, 15) is 9.59 Å². The van der Waals surface area contributed by atoms with E-state index in [0.717, 1.165) is 0 Å². The fourth-order valence-electron chi connectivity index (χ4n) is 3.18. The lowest BCUT2D eigenvalue weighted by Crippen LogP contribution is -2.66. The van der Waals surface area contributed by atoms with Gasteiger partial charge in [-0.2, -0.15) is 0 Å². The lowest BCUT2D eigenvalue weighted by Gasteiger charge is -2.47.